The number of piperidine rings is 1. The number of fused-ring (bicyclic) bond motifs is 2. The number of nitrogens with zero attached hydrogens (tertiary/aromatic N) is 1. The normalized spacial score (nSPS) is 26.5. The monoisotopic (exact) mass is 565 g/mol. The predicted molar refractivity (Wildman–Crippen MR) is 147 cm³/mol. The van der Waals surface area contributed by atoms with Gasteiger partial charge in [-0.05, 0) is 61.7 Å². The van der Waals surface area contributed by atoms with Crippen molar-refractivity contribution in [3.05, 3.63) is 60.7 Å². The summed E-state index contributed by atoms with van der Waals surface area (Å²) in [7, 11) is -9.90. The van der Waals surface area contributed by atoms with E-state index in [1.807, 2.05) is 0 Å². The summed E-state index contributed by atoms with van der Waals surface area (Å²) >= 11 is 0. The molecule has 0 saturated carbocycles. The first-order valence-electron chi connectivity index (χ1n) is 12.9. The number of unbranched alkanes of at least 4 members (excludes halogenated alkanes) is 1. The zero-order chi connectivity index (χ0) is 27.1. The maximum atomic E-state index is 14.0. The average Bonchev–Trinajstić information content (AvgIpc) is 3.42. The Morgan fingerprint density at radius 2 is 1.51 bits per heavy atom. The number of hydroxylamine groups is 2. The molecule has 0 N–H and O–H groups in total. The van der Waals surface area contributed by atoms with Gasteiger partial charge in [-0.3, -0.25) is 4.84 Å². The molecule has 0 aromatic heterocycles. The van der Waals surface area contributed by atoms with E-state index < -0.39 is 38.2 Å². The third-order valence-electron chi connectivity index (χ3n) is 8.19. The van der Waals surface area contributed by atoms with E-state index in [1.54, 1.807) is 41.5 Å². The van der Waals surface area contributed by atoms with Gasteiger partial charge in [0.1, 0.15) is 5.25 Å². The summed E-state index contributed by atoms with van der Waals surface area (Å²) in [4.78, 5) is 4.44. The Balaban J connectivity index is 1.54. The Kier molecular flexibility index (Phi) is 7.84. The van der Waals surface area contributed by atoms with Gasteiger partial charge in [-0.1, -0.05) is 57.2 Å². The van der Waals surface area contributed by atoms with Crippen molar-refractivity contribution in [3.63, 3.8) is 0 Å². The van der Waals surface area contributed by atoms with Crippen molar-refractivity contribution >= 4 is 28.0 Å². The van der Waals surface area contributed by atoms with Crippen LogP contribution in [0.15, 0.2) is 70.5 Å². The molecule has 4 atom stereocenters. The predicted octanol–water partition coefficient (Wildman–Crippen LogP) is 5.21. The molecular formula is C27H39NO6S2Si. The van der Waals surface area contributed by atoms with Crippen LogP contribution in [0.3, 0.4) is 0 Å². The molecule has 4 rings (SSSR count). The summed E-state index contributed by atoms with van der Waals surface area (Å²) in [6.45, 7) is 11.8. The number of hydrogen-bond donors (Lipinski definition) is 0. The van der Waals surface area contributed by atoms with E-state index >= 15 is 0 Å². The second kappa shape index (κ2) is 10.2. The first-order chi connectivity index (χ1) is 17.2. The summed E-state index contributed by atoms with van der Waals surface area (Å²) in [5.41, 5.74) is 0. The Labute approximate surface area is 223 Å². The second-order valence-electron chi connectivity index (χ2n) is 11.6. The molecule has 2 aromatic carbocycles. The lowest BCUT2D eigenvalue weighted by atomic mass is 9.98. The zero-order valence-corrected chi connectivity index (χ0v) is 25.0. The van der Waals surface area contributed by atoms with Gasteiger partial charge < -0.3 is 4.43 Å². The zero-order valence-electron chi connectivity index (χ0n) is 22.4. The lowest BCUT2D eigenvalue weighted by Gasteiger charge is -2.36. The first-order valence-corrected chi connectivity index (χ1v) is 18.8. The number of sulfone groups is 2. The molecule has 10 heteroatoms. The molecule has 2 saturated heterocycles. The lowest BCUT2D eigenvalue weighted by molar-refractivity contribution is -0.125. The summed E-state index contributed by atoms with van der Waals surface area (Å²) in [5.74, 6) is 0. The first kappa shape index (κ1) is 28.4. The standard InChI is InChI=1S/C27H39NO6S2Si/c1-26(2,3)37(4,5)33-19-13-12-14-22-20-27(36(31,32)24-17-10-7-11-18-24)25(21-28(22)34-27)35(29,30)23-15-8-6-9-16-23/h6-11,15-18,22,25H,12-14,19-21H2,1-5H3. The fraction of sp³-hybridized carbons (Fsp3) is 0.556. The summed E-state index contributed by atoms with van der Waals surface area (Å²) < 4.78 is 61.7. The van der Waals surface area contributed by atoms with E-state index in [-0.39, 0.29) is 33.8 Å². The molecule has 2 aromatic rings. The molecule has 0 amide bonds. The molecule has 2 bridgehead atoms. The summed E-state index contributed by atoms with van der Waals surface area (Å²) in [5, 5.41) is 0.542. The SMILES string of the molecule is CC(C)(C)[Si](C)(C)OCCCCC1CC2(S(=O)(=O)c3ccccc3)ON1CC2S(=O)(=O)c1ccccc1. The molecule has 2 aliphatic heterocycles. The van der Waals surface area contributed by atoms with E-state index in [1.165, 1.54) is 24.3 Å². The van der Waals surface area contributed by atoms with Crippen molar-refractivity contribution in [1.29, 1.82) is 0 Å². The highest BCUT2D eigenvalue weighted by atomic mass is 32.2. The van der Waals surface area contributed by atoms with Crippen LogP contribution in [-0.2, 0) is 28.9 Å². The molecule has 0 aliphatic carbocycles. The van der Waals surface area contributed by atoms with Crippen LogP contribution < -0.4 is 0 Å². The number of hydrogen-bond acceptors (Lipinski definition) is 7. The van der Waals surface area contributed by atoms with E-state index in [9.17, 15) is 16.8 Å². The molecule has 204 valence electrons. The minimum atomic E-state index is -4.12. The Hall–Kier alpha value is -1.56. The van der Waals surface area contributed by atoms with Gasteiger partial charge in [-0.25, -0.2) is 16.8 Å². The van der Waals surface area contributed by atoms with Gasteiger partial charge in [0.2, 0.25) is 14.8 Å². The van der Waals surface area contributed by atoms with Gasteiger partial charge in [0.15, 0.2) is 18.2 Å². The molecule has 37 heavy (non-hydrogen) atoms. The van der Waals surface area contributed by atoms with Crippen LogP contribution >= 0.6 is 0 Å². The van der Waals surface area contributed by atoms with Gasteiger partial charge in [0, 0.05) is 25.6 Å². The smallest absolute Gasteiger partial charge is 0.214 e. The molecule has 0 radical (unpaired) electrons. The summed E-state index contributed by atoms with van der Waals surface area (Å²) in [6, 6.07) is 15.9. The quantitative estimate of drug-likeness (QED) is 0.289. The fourth-order valence-electron chi connectivity index (χ4n) is 4.93. The third kappa shape index (κ3) is 5.20. The van der Waals surface area contributed by atoms with Crippen molar-refractivity contribution in [2.24, 2.45) is 0 Å². The van der Waals surface area contributed by atoms with Crippen molar-refractivity contribution in [2.45, 2.75) is 90.6 Å². The van der Waals surface area contributed by atoms with Crippen LogP contribution in [0.5, 0.6) is 0 Å². The molecule has 2 aliphatic rings. The Morgan fingerprint density at radius 3 is 2.08 bits per heavy atom. The van der Waals surface area contributed by atoms with Crippen LogP contribution in [0.4, 0.5) is 0 Å². The van der Waals surface area contributed by atoms with E-state index in [4.69, 9.17) is 9.26 Å². The van der Waals surface area contributed by atoms with E-state index in [2.05, 4.69) is 33.9 Å². The summed E-state index contributed by atoms with van der Waals surface area (Å²) in [6.07, 6.45) is 2.53. The van der Waals surface area contributed by atoms with E-state index in [0.717, 1.165) is 12.8 Å². The van der Waals surface area contributed by atoms with Crippen LogP contribution in [0, 0.1) is 0 Å². The molecule has 2 fully saturated rings. The third-order valence-corrected chi connectivity index (χ3v) is 17.4. The highest BCUT2D eigenvalue weighted by molar-refractivity contribution is 7.96. The second-order valence-corrected chi connectivity index (χ2v) is 20.7. The highest BCUT2D eigenvalue weighted by Gasteiger charge is 2.69. The number of rotatable bonds is 10. The van der Waals surface area contributed by atoms with Crippen molar-refractivity contribution < 1.29 is 26.1 Å². The van der Waals surface area contributed by atoms with Gasteiger partial charge in [-0.2, -0.15) is 5.06 Å². The van der Waals surface area contributed by atoms with Crippen LogP contribution in [0.2, 0.25) is 18.1 Å². The van der Waals surface area contributed by atoms with Crippen LogP contribution in [-0.4, -0.2) is 59.6 Å². The molecule has 0 spiro atoms. The van der Waals surface area contributed by atoms with Crippen LogP contribution in [0.1, 0.15) is 46.5 Å². The largest absolute Gasteiger partial charge is 0.417 e. The van der Waals surface area contributed by atoms with Crippen LogP contribution in [0.25, 0.3) is 0 Å². The van der Waals surface area contributed by atoms with Gasteiger partial charge in [-0.15, -0.1) is 0 Å². The Bertz CT molecular complexity index is 1290. The van der Waals surface area contributed by atoms with Gasteiger partial charge in [0.25, 0.3) is 0 Å². The Morgan fingerprint density at radius 1 is 0.946 bits per heavy atom. The fourth-order valence-corrected chi connectivity index (χ4v) is 10.5. The van der Waals surface area contributed by atoms with E-state index in [0.29, 0.717) is 13.0 Å². The topological polar surface area (TPSA) is 90.0 Å². The van der Waals surface area contributed by atoms with Crippen molar-refractivity contribution in [1.82, 2.24) is 5.06 Å². The maximum absolute atomic E-state index is 14.0. The van der Waals surface area contributed by atoms with Gasteiger partial charge >= 0.3 is 0 Å². The maximum Gasteiger partial charge on any atom is 0.214 e. The molecular weight excluding hydrogens is 527 g/mol. The molecule has 7 nitrogen and oxygen atoms in total. The molecule has 4 unspecified atom stereocenters. The van der Waals surface area contributed by atoms with Gasteiger partial charge in [0.05, 0.1) is 9.79 Å². The van der Waals surface area contributed by atoms with Crippen molar-refractivity contribution in [3.8, 4) is 0 Å². The minimum Gasteiger partial charge on any atom is -0.417 e. The molecule has 2 heterocycles. The average molecular weight is 566 g/mol. The number of benzene rings is 2. The van der Waals surface area contributed by atoms with Crippen molar-refractivity contribution in [2.75, 3.05) is 13.2 Å². The minimum absolute atomic E-state index is 0.0222. The highest BCUT2D eigenvalue weighted by Crippen LogP contribution is 2.51. The lowest BCUT2D eigenvalue weighted by Crippen LogP contribution is -2.53.